The summed E-state index contributed by atoms with van der Waals surface area (Å²) in [6.45, 7) is 11.3. The van der Waals surface area contributed by atoms with Gasteiger partial charge in [-0.05, 0) is 44.5 Å². The van der Waals surface area contributed by atoms with Gasteiger partial charge in [0.05, 0.1) is 26.2 Å². The van der Waals surface area contributed by atoms with E-state index in [2.05, 4.69) is 37.1 Å². The van der Waals surface area contributed by atoms with E-state index in [4.69, 9.17) is 9.15 Å². The zero-order chi connectivity index (χ0) is 18.8. The van der Waals surface area contributed by atoms with Gasteiger partial charge >= 0.3 is 0 Å². The number of anilines is 1. The molecule has 26 heavy (non-hydrogen) atoms. The van der Waals surface area contributed by atoms with Gasteiger partial charge in [0.25, 0.3) is 0 Å². The molecule has 0 radical (unpaired) electrons. The fourth-order valence-electron chi connectivity index (χ4n) is 2.70. The lowest BCUT2D eigenvalue weighted by Gasteiger charge is -2.14. The van der Waals surface area contributed by atoms with Crippen LogP contribution in [0.3, 0.4) is 0 Å². The first-order valence-corrected chi connectivity index (χ1v) is 9.43. The molecule has 0 aliphatic heterocycles. The Hall–Kier alpha value is -2.52. The van der Waals surface area contributed by atoms with Gasteiger partial charge in [-0.15, -0.1) is 0 Å². The van der Waals surface area contributed by atoms with Crippen molar-refractivity contribution in [2.45, 2.75) is 33.6 Å². The highest BCUT2D eigenvalue weighted by molar-refractivity contribution is 5.59. The van der Waals surface area contributed by atoms with Gasteiger partial charge in [-0.1, -0.05) is 6.92 Å². The van der Waals surface area contributed by atoms with Crippen LogP contribution in [0.15, 0.2) is 28.7 Å². The van der Waals surface area contributed by atoms with Crippen LogP contribution in [-0.4, -0.2) is 37.8 Å². The van der Waals surface area contributed by atoms with Crippen LogP contribution >= 0.6 is 0 Å². The van der Waals surface area contributed by atoms with Gasteiger partial charge in [-0.3, -0.25) is 0 Å². The smallest absolute Gasteiger partial charge is 0.232 e. The van der Waals surface area contributed by atoms with E-state index in [1.807, 2.05) is 24.3 Å². The van der Waals surface area contributed by atoms with Gasteiger partial charge in [-0.25, -0.2) is 0 Å². The van der Waals surface area contributed by atoms with E-state index in [1.54, 1.807) is 4.90 Å². The van der Waals surface area contributed by atoms with Crippen molar-refractivity contribution < 1.29 is 14.1 Å². The molecule has 2 aromatic rings. The summed E-state index contributed by atoms with van der Waals surface area (Å²) in [6.07, 6.45) is 1.99. The molecule has 1 aromatic heterocycles. The quantitative estimate of drug-likeness (QED) is 0.605. The molecular formula is C20H29N4O2+. The molecule has 1 heterocycles. The summed E-state index contributed by atoms with van der Waals surface area (Å²) in [5, 5.41) is 12.5. The summed E-state index contributed by atoms with van der Waals surface area (Å²) in [5.41, 5.74) is 1.12. The molecule has 0 fully saturated rings. The molecule has 0 aliphatic rings. The van der Waals surface area contributed by atoms with Gasteiger partial charge in [0, 0.05) is 18.5 Å². The molecule has 6 heteroatoms. The van der Waals surface area contributed by atoms with E-state index in [0.29, 0.717) is 24.1 Å². The molecule has 0 aliphatic carbocycles. The second-order valence-electron chi connectivity index (χ2n) is 6.17. The predicted octanol–water partition coefficient (Wildman–Crippen LogP) is 2.73. The van der Waals surface area contributed by atoms with Crippen molar-refractivity contribution in [3.8, 4) is 23.3 Å². The molecule has 0 saturated heterocycles. The summed E-state index contributed by atoms with van der Waals surface area (Å²) in [6, 6.07) is 9.67. The van der Waals surface area contributed by atoms with E-state index in [-0.39, 0.29) is 0 Å². The molecule has 140 valence electrons. The Morgan fingerprint density at radius 3 is 2.54 bits per heavy atom. The number of benzene rings is 1. The van der Waals surface area contributed by atoms with Crippen molar-refractivity contribution in [3.63, 3.8) is 0 Å². The maximum Gasteiger partial charge on any atom is 0.232 e. The predicted molar refractivity (Wildman–Crippen MR) is 102 cm³/mol. The number of aromatic nitrogens is 1. The number of hydrogen-bond acceptors (Lipinski definition) is 5. The Morgan fingerprint density at radius 1 is 1.19 bits per heavy atom. The zero-order valence-electron chi connectivity index (χ0n) is 16.0. The molecule has 6 nitrogen and oxygen atoms in total. The first-order chi connectivity index (χ1) is 12.7. The number of hydrogen-bond donors (Lipinski definition) is 2. The van der Waals surface area contributed by atoms with Gasteiger partial charge in [0.1, 0.15) is 11.8 Å². The maximum atomic E-state index is 9.30. The highest BCUT2D eigenvalue weighted by Crippen LogP contribution is 2.26. The van der Waals surface area contributed by atoms with E-state index >= 15 is 0 Å². The van der Waals surface area contributed by atoms with E-state index in [0.717, 1.165) is 50.3 Å². The first-order valence-electron chi connectivity index (χ1n) is 9.43. The third-order valence-electron chi connectivity index (χ3n) is 4.30. The number of nitrogens with one attached hydrogen (secondary N) is 2. The van der Waals surface area contributed by atoms with Crippen molar-refractivity contribution in [1.29, 1.82) is 5.26 Å². The van der Waals surface area contributed by atoms with Crippen LogP contribution in [0, 0.1) is 11.3 Å². The Labute approximate surface area is 155 Å². The SMILES string of the molecule is CCCOc1ccc(-c2nc(C#N)c(NCCC[NH+](CC)CC)o2)cc1. The zero-order valence-corrected chi connectivity index (χ0v) is 16.0. The average Bonchev–Trinajstić information content (AvgIpc) is 3.10. The molecule has 1 aromatic carbocycles. The molecule has 0 bridgehead atoms. The fourth-order valence-corrected chi connectivity index (χ4v) is 2.70. The highest BCUT2D eigenvalue weighted by atomic mass is 16.5. The Morgan fingerprint density at radius 2 is 1.92 bits per heavy atom. The van der Waals surface area contributed by atoms with Crippen LogP contribution in [0.2, 0.25) is 0 Å². The second kappa shape index (κ2) is 10.5. The van der Waals surface area contributed by atoms with Crippen LogP contribution in [0.25, 0.3) is 11.5 Å². The average molecular weight is 357 g/mol. The highest BCUT2D eigenvalue weighted by Gasteiger charge is 2.14. The van der Waals surface area contributed by atoms with Crippen molar-refractivity contribution in [2.75, 3.05) is 38.1 Å². The number of oxazole rings is 1. The second-order valence-corrected chi connectivity index (χ2v) is 6.17. The summed E-state index contributed by atoms with van der Waals surface area (Å²) in [4.78, 5) is 5.87. The number of quaternary nitrogens is 1. The minimum Gasteiger partial charge on any atom is -0.494 e. The Kier molecular flexibility index (Phi) is 7.97. The third kappa shape index (κ3) is 5.50. The molecular weight excluding hydrogens is 328 g/mol. The largest absolute Gasteiger partial charge is 0.494 e. The summed E-state index contributed by atoms with van der Waals surface area (Å²) in [7, 11) is 0. The van der Waals surface area contributed by atoms with E-state index in [9.17, 15) is 5.26 Å². The molecule has 0 unspecified atom stereocenters. The molecule has 0 saturated carbocycles. The summed E-state index contributed by atoms with van der Waals surface area (Å²) >= 11 is 0. The topological polar surface area (TPSA) is 75.5 Å². The number of nitriles is 1. The normalized spacial score (nSPS) is 10.7. The summed E-state index contributed by atoms with van der Waals surface area (Å²) in [5.74, 6) is 1.71. The molecule has 2 rings (SSSR count). The first kappa shape index (κ1) is 19.8. The Bertz CT molecular complexity index is 700. The summed E-state index contributed by atoms with van der Waals surface area (Å²) < 4.78 is 11.4. The maximum absolute atomic E-state index is 9.30. The van der Waals surface area contributed by atoms with Crippen LogP contribution in [-0.2, 0) is 0 Å². The van der Waals surface area contributed by atoms with Crippen molar-refractivity contribution in [2.24, 2.45) is 0 Å². The molecule has 2 N–H and O–H groups in total. The van der Waals surface area contributed by atoms with E-state index < -0.39 is 0 Å². The number of nitrogens with zero attached hydrogens (tertiary/aromatic N) is 2. The van der Waals surface area contributed by atoms with Crippen molar-refractivity contribution in [3.05, 3.63) is 30.0 Å². The minimum atomic E-state index is 0.293. The van der Waals surface area contributed by atoms with Gasteiger partial charge in [0.15, 0.2) is 0 Å². The van der Waals surface area contributed by atoms with Crippen molar-refractivity contribution in [1.82, 2.24) is 4.98 Å². The Balaban J connectivity index is 1.98. The number of ether oxygens (including phenoxy) is 1. The lowest BCUT2D eigenvalue weighted by Crippen LogP contribution is -3.11. The van der Waals surface area contributed by atoms with Crippen LogP contribution < -0.4 is 15.0 Å². The fraction of sp³-hybridized carbons (Fsp3) is 0.500. The van der Waals surface area contributed by atoms with Crippen LogP contribution in [0.5, 0.6) is 5.75 Å². The van der Waals surface area contributed by atoms with E-state index in [1.165, 1.54) is 0 Å². The lowest BCUT2D eigenvalue weighted by atomic mass is 10.2. The van der Waals surface area contributed by atoms with Crippen LogP contribution in [0.4, 0.5) is 5.88 Å². The van der Waals surface area contributed by atoms with Gasteiger partial charge in [-0.2, -0.15) is 10.2 Å². The lowest BCUT2D eigenvalue weighted by molar-refractivity contribution is -0.896. The standard InChI is InChI=1S/C20H28N4O2/c1-4-14-25-17-10-8-16(9-11-17)19-23-18(15-21)20(26-19)22-12-7-13-24(5-2)6-3/h8-11,22H,4-7,12-14H2,1-3H3/p+1. The molecule has 0 atom stereocenters. The van der Waals surface area contributed by atoms with Gasteiger partial charge in [0.2, 0.25) is 17.5 Å². The third-order valence-corrected chi connectivity index (χ3v) is 4.30. The molecule has 0 spiro atoms. The molecule has 0 amide bonds. The monoisotopic (exact) mass is 357 g/mol. The minimum absolute atomic E-state index is 0.293. The van der Waals surface area contributed by atoms with Crippen molar-refractivity contribution >= 4 is 5.88 Å². The number of rotatable bonds is 11. The van der Waals surface area contributed by atoms with Crippen LogP contribution in [0.1, 0.15) is 39.3 Å². The van der Waals surface area contributed by atoms with Gasteiger partial charge < -0.3 is 19.4 Å².